The Hall–Kier alpha value is -1.98. The van der Waals surface area contributed by atoms with Crippen LogP contribution in [0.25, 0.3) is 0 Å². The molecule has 0 spiro atoms. The predicted octanol–water partition coefficient (Wildman–Crippen LogP) is 2.47. The second-order valence-electron chi connectivity index (χ2n) is 4.44. The number of nitrogens with zero attached hydrogens (tertiary/aromatic N) is 2. The Labute approximate surface area is 105 Å². The maximum atomic E-state index is 10.7. The summed E-state index contributed by atoms with van der Waals surface area (Å²) in [6.45, 7) is 6.61. The van der Waals surface area contributed by atoms with E-state index in [9.17, 15) is 20.2 Å². The maximum absolute atomic E-state index is 10.7. The maximum Gasteiger partial charge on any atom is 0.229 e. The van der Waals surface area contributed by atoms with Crippen molar-refractivity contribution in [1.29, 1.82) is 0 Å². The van der Waals surface area contributed by atoms with Crippen molar-refractivity contribution in [3.63, 3.8) is 0 Å². The molecule has 0 N–H and O–H groups in total. The molecule has 0 atom stereocenters. The van der Waals surface area contributed by atoms with Gasteiger partial charge in [0.05, 0.1) is 0 Å². The summed E-state index contributed by atoms with van der Waals surface area (Å²) in [5, 5.41) is 21.4. The van der Waals surface area contributed by atoms with Crippen LogP contribution in [0.4, 0.5) is 0 Å². The molecular weight excluding hydrogens is 236 g/mol. The number of hydrogen-bond acceptors (Lipinski definition) is 4. The molecule has 0 aliphatic heterocycles. The van der Waals surface area contributed by atoms with Gasteiger partial charge in [-0.25, -0.2) is 0 Å². The lowest BCUT2D eigenvalue weighted by Crippen LogP contribution is -2.13. The van der Waals surface area contributed by atoms with Gasteiger partial charge < -0.3 is 0 Å². The first-order valence-electron chi connectivity index (χ1n) is 5.57. The van der Waals surface area contributed by atoms with Crippen LogP contribution < -0.4 is 0 Å². The molecule has 0 heterocycles. The van der Waals surface area contributed by atoms with Crippen LogP contribution in [0.2, 0.25) is 0 Å². The Morgan fingerprint density at radius 3 is 1.22 bits per heavy atom. The van der Waals surface area contributed by atoms with Crippen molar-refractivity contribution < 1.29 is 9.85 Å². The van der Waals surface area contributed by atoms with E-state index in [2.05, 4.69) is 0 Å². The van der Waals surface area contributed by atoms with E-state index in [1.807, 2.05) is 13.8 Å². The minimum Gasteiger partial charge on any atom is -0.264 e. The molecule has 1 aromatic carbocycles. The summed E-state index contributed by atoms with van der Waals surface area (Å²) in [5.74, 6) is 0. The molecule has 0 amide bonds. The van der Waals surface area contributed by atoms with Crippen molar-refractivity contribution in [3.8, 4) is 0 Å². The third-order valence-corrected chi connectivity index (χ3v) is 3.53. The first kappa shape index (κ1) is 14.1. The SMILES string of the molecule is Cc1c(C)c(C)c(C[N+](=O)[O-])c(C[N+](=O)[O-])c1C. The summed E-state index contributed by atoms with van der Waals surface area (Å²) in [6.07, 6.45) is 0. The van der Waals surface area contributed by atoms with E-state index in [0.717, 1.165) is 22.3 Å². The van der Waals surface area contributed by atoms with Gasteiger partial charge in [0, 0.05) is 21.0 Å². The zero-order valence-electron chi connectivity index (χ0n) is 10.9. The van der Waals surface area contributed by atoms with Crippen molar-refractivity contribution in [2.75, 3.05) is 0 Å². The first-order chi connectivity index (χ1) is 8.25. The van der Waals surface area contributed by atoms with Gasteiger partial charge in [-0.05, 0) is 49.9 Å². The third-order valence-electron chi connectivity index (χ3n) is 3.53. The number of hydrogen-bond donors (Lipinski definition) is 0. The van der Waals surface area contributed by atoms with Crippen molar-refractivity contribution >= 4 is 0 Å². The monoisotopic (exact) mass is 252 g/mol. The van der Waals surface area contributed by atoms with Crippen molar-refractivity contribution in [3.05, 3.63) is 53.6 Å². The van der Waals surface area contributed by atoms with Crippen molar-refractivity contribution in [1.82, 2.24) is 0 Å². The second-order valence-corrected chi connectivity index (χ2v) is 4.44. The lowest BCUT2D eigenvalue weighted by Gasteiger charge is -2.16. The molecule has 18 heavy (non-hydrogen) atoms. The Kier molecular flexibility index (Phi) is 4.00. The fourth-order valence-corrected chi connectivity index (χ4v) is 2.15. The Bertz CT molecular complexity index is 477. The van der Waals surface area contributed by atoms with E-state index in [1.54, 1.807) is 13.8 Å². The highest BCUT2D eigenvalue weighted by Crippen LogP contribution is 2.27. The van der Waals surface area contributed by atoms with Gasteiger partial charge in [-0.15, -0.1) is 0 Å². The molecule has 0 aromatic heterocycles. The number of rotatable bonds is 4. The van der Waals surface area contributed by atoms with Crippen LogP contribution in [0, 0.1) is 47.9 Å². The smallest absolute Gasteiger partial charge is 0.229 e. The van der Waals surface area contributed by atoms with E-state index in [1.165, 1.54) is 0 Å². The molecule has 0 fully saturated rings. The fourth-order valence-electron chi connectivity index (χ4n) is 2.15. The molecule has 0 aliphatic carbocycles. The van der Waals surface area contributed by atoms with E-state index >= 15 is 0 Å². The van der Waals surface area contributed by atoms with E-state index in [4.69, 9.17) is 0 Å². The summed E-state index contributed by atoms with van der Waals surface area (Å²) in [4.78, 5) is 20.5. The van der Waals surface area contributed by atoms with Crippen LogP contribution in [0.15, 0.2) is 0 Å². The second kappa shape index (κ2) is 5.12. The molecule has 0 radical (unpaired) electrons. The Morgan fingerprint density at radius 1 is 0.722 bits per heavy atom. The minimum absolute atomic E-state index is 0.364. The van der Waals surface area contributed by atoms with E-state index in [-0.39, 0.29) is 13.1 Å². The predicted molar refractivity (Wildman–Crippen MR) is 66.8 cm³/mol. The van der Waals surface area contributed by atoms with Gasteiger partial charge in [0.25, 0.3) is 0 Å². The molecule has 0 bridgehead atoms. The molecule has 98 valence electrons. The molecule has 0 saturated carbocycles. The Balaban J connectivity index is 3.52. The minimum atomic E-state index is -0.444. The van der Waals surface area contributed by atoms with E-state index in [0.29, 0.717) is 11.1 Å². The summed E-state index contributed by atoms with van der Waals surface area (Å²) < 4.78 is 0. The highest BCUT2D eigenvalue weighted by molar-refractivity contribution is 5.49. The molecule has 1 rings (SSSR count). The quantitative estimate of drug-likeness (QED) is 0.608. The lowest BCUT2D eigenvalue weighted by atomic mass is 9.89. The van der Waals surface area contributed by atoms with Gasteiger partial charge in [0.15, 0.2) is 0 Å². The van der Waals surface area contributed by atoms with Gasteiger partial charge >= 0.3 is 0 Å². The van der Waals surface area contributed by atoms with Crippen LogP contribution in [0.1, 0.15) is 33.4 Å². The van der Waals surface area contributed by atoms with Crippen molar-refractivity contribution in [2.24, 2.45) is 0 Å². The van der Waals surface area contributed by atoms with E-state index < -0.39 is 9.85 Å². The standard InChI is InChI=1S/C12H16N2O4/c1-7-8(2)10(4)12(6-14(17)18)11(9(7)3)5-13(15)16/h5-6H2,1-4H3. The van der Waals surface area contributed by atoms with Crippen LogP contribution in [-0.4, -0.2) is 9.85 Å². The van der Waals surface area contributed by atoms with Crippen molar-refractivity contribution in [2.45, 2.75) is 40.8 Å². The summed E-state index contributed by atoms with van der Waals surface area (Å²) in [5.41, 5.74) is 4.47. The summed E-state index contributed by atoms with van der Waals surface area (Å²) >= 11 is 0. The molecule has 6 heteroatoms. The largest absolute Gasteiger partial charge is 0.264 e. The molecule has 1 aromatic rings. The van der Waals surface area contributed by atoms with Gasteiger partial charge in [-0.2, -0.15) is 0 Å². The summed E-state index contributed by atoms with van der Waals surface area (Å²) in [6, 6.07) is 0. The zero-order valence-corrected chi connectivity index (χ0v) is 10.9. The Morgan fingerprint density at radius 2 is 1.00 bits per heavy atom. The first-order valence-corrected chi connectivity index (χ1v) is 5.57. The molecule has 0 aliphatic rings. The molecule has 0 unspecified atom stereocenters. The van der Waals surface area contributed by atoms with Gasteiger partial charge in [0.1, 0.15) is 0 Å². The fraction of sp³-hybridized carbons (Fsp3) is 0.500. The van der Waals surface area contributed by atoms with Crippen LogP contribution in [0.3, 0.4) is 0 Å². The topological polar surface area (TPSA) is 86.3 Å². The third kappa shape index (κ3) is 2.64. The highest BCUT2D eigenvalue weighted by atomic mass is 16.6. The highest BCUT2D eigenvalue weighted by Gasteiger charge is 2.21. The lowest BCUT2D eigenvalue weighted by molar-refractivity contribution is -0.503. The van der Waals surface area contributed by atoms with Crippen LogP contribution in [-0.2, 0) is 13.1 Å². The molecular formula is C12H16N2O4. The average molecular weight is 252 g/mol. The zero-order chi connectivity index (χ0) is 14.0. The van der Waals surface area contributed by atoms with Crippen LogP contribution in [0.5, 0.6) is 0 Å². The van der Waals surface area contributed by atoms with Gasteiger partial charge in [0.2, 0.25) is 13.1 Å². The van der Waals surface area contributed by atoms with Gasteiger partial charge in [-0.1, -0.05) is 0 Å². The summed E-state index contributed by atoms with van der Waals surface area (Å²) in [7, 11) is 0. The van der Waals surface area contributed by atoms with Gasteiger partial charge in [-0.3, -0.25) is 20.2 Å². The number of nitro groups is 2. The normalized spacial score (nSPS) is 10.4. The molecule has 6 nitrogen and oxygen atoms in total. The average Bonchev–Trinajstić information content (AvgIpc) is 2.27. The van der Waals surface area contributed by atoms with Crippen LogP contribution >= 0.6 is 0 Å². The molecule has 0 saturated heterocycles. The number of benzene rings is 1.